The van der Waals surface area contributed by atoms with E-state index in [0.717, 1.165) is 45.1 Å². The Balaban J connectivity index is 1.23. The van der Waals surface area contributed by atoms with Crippen molar-refractivity contribution in [3.8, 4) is 44.6 Å². The van der Waals surface area contributed by atoms with Crippen LogP contribution in [-0.2, 0) is 0 Å². The molecule has 3 heteroatoms. The summed E-state index contributed by atoms with van der Waals surface area (Å²) in [4.78, 5) is 11.9. The molecule has 2 heterocycles. The molecule has 0 fully saturated rings. The van der Waals surface area contributed by atoms with Crippen LogP contribution in [-0.4, -0.2) is 9.97 Å². The van der Waals surface area contributed by atoms with Gasteiger partial charge in [-0.25, -0.2) is 4.98 Å². The van der Waals surface area contributed by atoms with Gasteiger partial charge in [0.1, 0.15) is 5.82 Å². The first-order chi connectivity index (χ1) is 25.3. The predicted octanol–water partition coefficient (Wildman–Crippen LogP) is 12.9. The molecule has 0 radical (unpaired) electrons. The van der Waals surface area contributed by atoms with Crippen LogP contribution in [0.15, 0.2) is 200 Å². The first-order valence-electron chi connectivity index (χ1n) is 17.2. The molecular formula is C48H33N3. The molecule has 51 heavy (non-hydrogen) atoms. The van der Waals surface area contributed by atoms with E-state index in [4.69, 9.17) is 9.97 Å². The summed E-state index contributed by atoms with van der Waals surface area (Å²) in [5, 5.41) is 4.79. The monoisotopic (exact) mass is 651 g/mol. The van der Waals surface area contributed by atoms with Crippen LogP contribution in [0.2, 0.25) is 0 Å². The van der Waals surface area contributed by atoms with Gasteiger partial charge in [0.05, 0.1) is 5.69 Å². The highest BCUT2D eigenvalue weighted by Crippen LogP contribution is 2.44. The van der Waals surface area contributed by atoms with Gasteiger partial charge in [-0.3, -0.25) is 9.88 Å². The van der Waals surface area contributed by atoms with Crippen LogP contribution in [0.4, 0.5) is 17.2 Å². The number of benzene rings is 7. The smallest absolute Gasteiger partial charge is 0.137 e. The lowest BCUT2D eigenvalue weighted by Crippen LogP contribution is -2.11. The fourth-order valence-electron chi connectivity index (χ4n) is 7.24. The Labute approximate surface area is 297 Å². The molecule has 0 atom stereocenters. The Morgan fingerprint density at radius 1 is 0.314 bits per heavy atom. The number of hydrogen-bond acceptors (Lipinski definition) is 3. The molecule has 0 spiro atoms. The first kappa shape index (κ1) is 30.2. The molecule has 0 amide bonds. The van der Waals surface area contributed by atoms with E-state index in [1.807, 2.05) is 30.6 Å². The van der Waals surface area contributed by atoms with E-state index in [1.165, 1.54) is 38.2 Å². The molecule has 240 valence electrons. The molecule has 0 saturated heterocycles. The van der Waals surface area contributed by atoms with Crippen LogP contribution in [0.1, 0.15) is 0 Å². The zero-order valence-corrected chi connectivity index (χ0v) is 27.9. The van der Waals surface area contributed by atoms with Crippen molar-refractivity contribution in [1.29, 1.82) is 0 Å². The second-order valence-corrected chi connectivity index (χ2v) is 12.6. The number of fused-ring (bicyclic) bond motifs is 2. The summed E-state index contributed by atoms with van der Waals surface area (Å²) in [6, 6.07) is 66.5. The van der Waals surface area contributed by atoms with E-state index < -0.39 is 0 Å². The largest absolute Gasteiger partial charge is 0.295 e. The Hall–Kier alpha value is -6.84. The lowest BCUT2D eigenvalue weighted by Gasteiger charge is -2.26. The molecule has 3 nitrogen and oxygen atoms in total. The molecule has 0 aliphatic rings. The summed E-state index contributed by atoms with van der Waals surface area (Å²) >= 11 is 0. The molecule has 0 bridgehead atoms. The van der Waals surface area contributed by atoms with E-state index in [-0.39, 0.29) is 0 Å². The topological polar surface area (TPSA) is 29.0 Å². The minimum absolute atomic E-state index is 0.852. The average Bonchev–Trinajstić information content (AvgIpc) is 3.21. The summed E-state index contributed by atoms with van der Waals surface area (Å²) in [5.41, 5.74) is 11.2. The third-order valence-electron chi connectivity index (χ3n) is 9.54. The second-order valence-electron chi connectivity index (χ2n) is 12.6. The van der Waals surface area contributed by atoms with E-state index in [0.29, 0.717) is 0 Å². The molecule has 9 aromatic rings. The number of rotatable bonds is 7. The standard InChI is InChI=1S/C48H33N3/c1-3-15-34(16-4-1)37-31-38(35-17-5-2-6-18-35)33-40(32-37)51(46-24-12-14-30-50-46)39-27-25-36(26-28-39)47-41-19-7-9-21-43(41)48(45-23-11-13-29-49-45)44-22-10-8-20-42(44)47/h1-33H. The fourth-order valence-corrected chi connectivity index (χ4v) is 7.24. The lowest BCUT2D eigenvalue weighted by molar-refractivity contribution is 1.18. The summed E-state index contributed by atoms with van der Waals surface area (Å²) in [7, 11) is 0. The van der Waals surface area contributed by atoms with Gasteiger partial charge < -0.3 is 0 Å². The van der Waals surface area contributed by atoms with Crippen molar-refractivity contribution in [2.75, 3.05) is 4.90 Å². The molecule has 2 aromatic heterocycles. The van der Waals surface area contributed by atoms with Crippen LogP contribution in [0.25, 0.3) is 66.2 Å². The van der Waals surface area contributed by atoms with Gasteiger partial charge in [0, 0.05) is 29.3 Å². The van der Waals surface area contributed by atoms with Crippen LogP contribution >= 0.6 is 0 Å². The van der Waals surface area contributed by atoms with Crippen molar-refractivity contribution in [1.82, 2.24) is 9.97 Å². The van der Waals surface area contributed by atoms with Crippen LogP contribution in [0, 0.1) is 0 Å². The van der Waals surface area contributed by atoms with Crippen LogP contribution < -0.4 is 4.90 Å². The lowest BCUT2D eigenvalue weighted by atomic mass is 9.87. The van der Waals surface area contributed by atoms with Gasteiger partial charge in [0.2, 0.25) is 0 Å². The van der Waals surface area contributed by atoms with Crippen molar-refractivity contribution < 1.29 is 0 Å². The van der Waals surface area contributed by atoms with Gasteiger partial charge in [0.25, 0.3) is 0 Å². The van der Waals surface area contributed by atoms with Crippen molar-refractivity contribution in [2.24, 2.45) is 0 Å². The Bertz CT molecular complexity index is 2490. The summed E-state index contributed by atoms with van der Waals surface area (Å²) in [6.45, 7) is 0. The molecule has 0 N–H and O–H groups in total. The van der Waals surface area contributed by atoms with Crippen molar-refractivity contribution in [3.63, 3.8) is 0 Å². The molecule has 9 rings (SSSR count). The molecule has 7 aromatic carbocycles. The maximum atomic E-state index is 4.86. The predicted molar refractivity (Wildman–Crippen MR) is 213 cm³/mol. The first-order valence-corrected chi connectivity index (χ1v) is 17.2. The number of nitrogens with zero attached hydrogens (tertiary/aromatic N) is 3. The van der Waals surface area contributed by atoms with Crippen LogP contribution in [0.5, 0.6) is 0 Å². The molecule has 0 aliphatic heterocycles. The maximum Gasteiger partial charge on any atom is 0.137 e. The fraction of sp³-hybridized carbons (Fsp3) is 0. The number of hydrogen-bond donors (Lipinski definition) is 0. The van der Waals surface area contributed by atoms with E-state index in [1.54, 1.807) is 0 Å². The molecular weight excluding hydrogens is 619 g/mol. The number of pyridine rings is 2. The zero-order valence-electron chi connectivity index (χ0n) is 27.9. The molecule has 0 unspecified atom stereocenters. The Morgan fingerprint density at radius 3 is 1.31 bits per heavy atom. The van der Waals surface area contributed by atoms with Crippen molar-refractivity contribution >= 4 is 38.7 Å². The zero-order chi connectivity index (χ0) is 34.0. The summed E-state index contributed by atoms with van der Waals surface area (Å²) in [5.74, 6) is 0.852. The molecule has 0 aliphatic carbocycles. The average molecular weight is 652 g/mol. The Kier molecular flexibility index (Phi) is 7.84. The van der Waals surface area contributed by atoms with Gasteiger partial charge in [-0.05, 0) is 110 Å². The molecule has 0 saturated carbocycles. The Morgan fingerprint density at radius 2 is 0.804 bits per heavy atom. The highest BCUT2D eigenvalue weighted by atomic mass is 15.2. The quantitative estimate of drug-likeness (QED) is 0.161. The van der Waals surface area contributed by atoms with E-state index in [9.17, 15) is 0 Å². The maximum absolute atomic E-state index is 4.86. The third-order valence-corrected chi connectivity index (χ3v) is 9.54. The second kappa shape index (κ2) is 13.2. The third kappa shape index (κ3) is 5.71. The SMILES string of the molecule is c1ccc(-c2cc(-c3ccccc3)cc(N(c3ccc(-c4c5ccccc5c(-c5ccccn5)c5ccccc45)cc3)c3ccccn3)c2)cc1. The number of aromatic nitrogens is 2. The van der Waals surface area contributed by atoms with Gasteiger partial charge in [0.15, 0.2) is 0 Å². The van der Waals surface area contributed by atoms with E-state index >= 15 is 0 Å². The van der Waals surface area contributed by atoms with Gasteiger partial charge in [-0.2, -0.15) is 0 Å². The van der Waals surface area contributed by atoms with Crippen molar-refractivity contribution in [2.45, 2.75) is 0 Å². The summed E-state index contributed by atoms with van der Waals surface area (Å²) < 4.78 is 0. The highest BCUT2D eigenvalue weighted by Gasteiger charge is 2.19. The van der Waals surface area contributed by atoms with Gasteiger partial charge >= 0.3 is 0 Å². The van der Waals surface area contributed by atoms with Gasteiger partial charge in [-0.15, -0.1) is 0 Å². The van der Waals surface area contributed by atoms with Gasteiger partial charge in [-0.1, -0.05) is 133 Å². The minimum Gasteiger partial charge on any atom is -0.295 e. The van der Waals surface area contributed by atoms with Crippen LogP contribution in [0.3, 0.4) is 0 Å². The highest BCUT2D eigenvalue weighted by molar-refractivity contribution is 6.21. The van der Waals surface area contributed by atoms with E-state index in [2.05, 4.69) is 175 Å². The minimum atomic E-state index is 0.852. The normalized spacial score (nSPS) is 11.1. The number of anilines is 3. The van der Waals surface area contributed by atoms with Crippen molar-refractivity contribution in [3.05, 3.63) is 200 Å². The summed E-state index contributed by atoms with van der Waals surface area (Å²) in [6.07, 6.45) is 3.73.